The molecule has 2 heterocycles. The maximum atomic E-state index is 13.0. The third kappa shape index (κ3) is 5.78. The van der Waals surface area contributed by atoms with Crippen LogP contribution in [0.3, 0.4) is 0 Å². The highest BCUT2D eigenvalue weighted by molar-refractivity contribution is 7.15. The lowest BCUT2D eigenvalue weighted by Gasteiger charge is -2.31. The van der Waals surface area contributed by atoms with Crippen LogP contribution in [-0.4, -0.2) is 45.9 Å². The summed E-state index contributed by atoms with van der Waals surface area (Å²) in [7, 11) is 0. The van der Waals surface area contributed by atoms with E-state index in [4.69, 9.17) is 11.6 Å². The van der Waals surface area contributed by atoms with Gasteiger partial charge in [-0.1, -0.05) is 58.8 Å². The van der Waals surface area contributed by atoms with Crippen LogP contribution in [0, 0.1) is 12.8 Å². The third-order valence-corrected chi connectivity index (χ3v) is 6.88. The monoisotopic (exact) mass is 497 g/mol. The number of carbonyl (C=O) groups is 3. The van der Waals surface area contributed by atoms with Crippen molar-refractivity contribution in [1.82, 2.24) is 20.4 Å². The molecule has 2 N–H and O–H groups in total. The second-order valence-electron chi connectivity index (χ2n) is 8.13. The number of aromatic nitrogens is 2. The van der Waals surface area contributed by atoms with E-state index in [0.29, 0.717) is 36.6 Å². The number of rotatable bonds is 6. The van der Waals surface area contributed by atoms with Crippen LogP contribution in [0.4, 0.5) is 5.69 Å². The van der Waals surface area contributed by atoms with Gasteiger partial charge in [0.25, 0.3) is 11.8 Å². The highest BCUT2D eigenvalue weighted by Gasteiger charge is 2.31. The maximum Gasteiger partial charge on any atom is 0.286 e. The fraction of sp³-hybridized carbons (Fsp3) is 0.292. The lowest BCUT2D eigenvalue weighted by molar-refractivity contribution is -0.126. The van der Waals surface area contributed by atoms with E-state index < -0.39 is 5.91 Å². The van der Waals surface area contributed by atoms with Gasteiger partial charge in [0.15, 0.2) is 0 Å². The Balaban J connectivity index is 1.34. The maximum absolute atomic E-state index is 13.0. The van der Waals surface area contributed by atoms with Crippen LogP contribution in [0.25, 0.3) is 0 Å². The zero-order valence-electron chi connectivity index (χ0n) is 18.6. The Morgan fingerprint density at radius 2 is 1.82 bits per heavy atom. The standard InChI is InChI=1S/C24H24ClN5O3S/c1-15-8-10-18(11-9-15)27-21(32)22-28-29-23(34-22)24(33)30-12-4-6-17(14-30)20(31)26-13-16-5-2-3-7-19(16)25/h2-3,5,7-11,17H,4,6,12-14H2,1H3,(H,26,31)(H,27,32)/t17-/m1/s1. The van der Waals surface area contributed by atoms with Crippen molar-refractivity contribution in [2.24, 2.45) is 5.92 Å². The van der Waals surface area contributed by atoms with E-state index in [1.54, 1.807) is 23.1 Å². The number of hydrogen-bond acceptors (Lipinski definition) is 6. The van der Waals surface area contributed by atoms with Crippen LogP contribution in [0.15, 0.2) is 48.5 Å². The highest BCUT2D eigenvalue weighted by atomic mass is 35.5. The molecule has 0 radical (unpaired) electrons. The molecule has 1 aromatic heterocycles. The molecule has 3 aromatic rings. The van der Waals surface area contributed by atoms with Crippen molar-refractivity contribution in [3.05, 3.63) is 74.7 Å². The van der Waals surface area contributed by atoms with Gasteiger partial charge in [0.1, 0.15) is 0 Å². The minimum atomic E-state index is -0.420. The van der Waals surface area contributed by atoms with Crippen LogP contribution >= 0.6 is 22.9 Å². The summed E-state index contributed by atoms with van der Waals surface area (Å²) in [4.78, 5) is 39.8. The quantitative estimate of drug-likeness (QED) is 0.537. The molecule has 0 spiro atoms. The second-order valence-corrected chi connectivity index (χ2v) is 9.52. The Hall–Kier alpha value is -3.30. The molecule has 2 aromatic carbocycles. The largest absolute Gasteiger partial charge is 0.352 e. The molecule has 1 saturated heterocycles. The highest BCUT2D eigenvalue weighted by Crippen LogP contribution is 2.22. The van der Waals surface area contributed by atoms with Gasteiger partial charge < -0.3 is 15.5 Å². The van der Waals surface area contributed by atoms with Crippen LogP contribution in [0.1, 0.15) is 43.6 Å². The molecule has 1 atom stereocenters. The van der Waals surface area contributed by atoms with Crippen LogP contribution < -0.4 is 10.6 Å². The van der Waals surface area contributed by atoms with E-state index in [-0.39, 0.29) is 34.3 Å². The van der Waals surface area contributed by atoms with Crippen molar-refractivity contribution < 1.29 is 14.4 Å². The van der Waals surface area contributed by atoms with Gasteiger partial charge in [-0.3, -0.25) is 14.4 Å². The molecule has 0 unspecified atom stereocenters. The van der Waals surface area contributed by atoms with Crippen LogP contribution in [-0.2, 0) is 11.3 Å². The van der Waals surface area contributed by atoms with Crippen molar-refractivity contribution in [2.75, 3.05) is 18.4 Å². The number of aryl methyl sites for hydroxylation is 1. The van der Waals surface area contributed by atoms with Gasteiger partial charge in [-0.05, 0) is 43.5 Å². The molecule has 1 fully saturated rings. The van der Waals surface area contributed by atoms with Crippen LogP contribution in [0.5, 0.6) is 0 Å². The molecule has 176 valence electrons. The van der Waals surface area contributed by atoms with Crippen molar-refractivity contribution >= 4 is 46.3 Å². The average Bonchev–Trinajstić information content (AvgIpc) is 3.35. The average molecular weight is 498 g/mol. The molecule has 4 rings (SSSR count). The summed E-state index contributed by atoms with van der Waals surface area (Å²) >= 11 is 7.10. The van der Waals surface area contributed by atoms with E-state index in [0.717, 1.165) is 22.5 Å². The second kappa shape index (κ2) is 10.8. The number of anilines is 1. The number of nitrogens with one attached hydrogen (secondary N) is 2. The Morgan fingerprint density at radius 3 is 2.59 bits per heavy atom. The summed E-state index contributed by atoms with van der Waals surface area (Å²) in [5.74, 6) is -1.18. The van der Waals surface area contributed by atoms with E-state index >= 15 is 0 Å². The molecule has 10 heteroatoms. The zero-order valence-corrected chi connectivity index (χ0v) is 20.2. The van der Waals surface area contributed by atoms with Gasteiger partial charge in [0.05, 0.1) is 5.92 Å². The molecule has 0 bridgehead atoms. The SMILES string of the molecule is Cc1ccc(NC(=O)c2nnc(C(=O)N3CCC[C@@H](C(=O)NCc4ccccc4Cl)C3)s2)cc1. The summed E-state index contributed by atoms with van der Waals surface area (Å²) < 4.78 is 0. The fourth-order valence-electron chi connectivity index (χ4n) is 3.70. The molecule has 34 heavy (non-hydrogen) atoms. The van der Waals surface area contributed by atoms with Crippen molar-refractivity contribution in [1.29, 1.82) is 0 Å². The normalized spacial score (nSPS) is 15.6. The lowest BCUT2D eigenvalue weighted by atomic mass is 9.97. The number of halogens is 1. The van der Waals surface area contributed by atoms with E-state index in [9.17, 15) is 14.4 Å². The number of likely N-dealkylation sites (tertiary alicyclic amines) is 1. The van der Waals surface area contributed by atoms with E-state index in [1.165, 1.54) is 0 Å². The predicted molar refractivity (Wildman–Crippen MR) is 131 cm³/mol. The minimum Gasteiger partial charge on any atom is -0.352 e. The molecule has 1 aliphatic heterocycles. The van der Waals surface area contributed by atoms with Gasteiger partial charge in [0, 0.05) is 30.3 Å². The number of piperidine rings is 1. The molecular weight excluding hydrogens is 474 g/mol. The smallest absolute Gasteiger partial charge is 0.286 e. The number of hydrogen-bond donors (Lipinski definition) is 2. The van der Waals surface area contributed by atoms with Crippen molar-refractivity contribution in [3.8, 4) is 0 Å². The summed E-state index contributed by atoms with van der Waals surface area (Å²) in [6.07, 6.45) is 1.40. The zero-order chi connectivity index (χ0) is 24.1. The van der Waals surface area contributed by atoms with Crippen molar-refractivity contribution in [3.63, 3.8) is 0 Å². The Kier molecular flexibility index (Phi) is 7.54. The number of nitrogens with zero attached hydrogens (tertiary/aromatic N) is 3. The fourth-order valence-corrected chi connectivity index (χ4v) is 4.61. The summed E-state index contributed by atoms with van der Waals surface area (Å²) in [6.45, 7) is 3.11. The molecule has 0 saturated carbocycles. The summed E-state index contributed by atoms with van der Waals surface area (Å²) in [5.41, 5.74) is 2.56. The van der Waals surface area contributed by atoms with Gasteiger partial charge in [0.2, 0.25) is 15.9 Å². The first-order valence-electron chi connectivity index (χ1n) is 10.9. The Labute approximate surface area is 206 Å². The molecule has 3 amide bonds. The topological polar surface area (TPSA) is 104 Å². The number of carbonyl (C=O) groups excluding carboxylic acids is 3. The number of amides is 3. The molecule has 8 nitrogen and oxygen atoms in total. The first-order chi connectivity index (χ1) is 16.4. The number of benzene rings is 2. The molecular formula is C24H24ClN5O3S. The third-order valence-electron chi connectivity index (χ3n) is 5.60. The Bertz CT molecular complexity index is 1200. The summed E-state index contributed by atoms with van der Waals surface area (Å²) in [6, 6.07) is 14.7. The lowest BCUT2D eigenvalue weighted by Crippen LogP contribution is -2.45. The first kappa shape index (κ1) is 23.8. The summed E-state index contributed by atoms with van der Waals surface area (Å²) in [5, 5.41) is 14.3. The van der Waals surface area contributed by atoms with E-state index in [2.05, 4.69) is 20.8 Å². The van der Waals surface area contributed by atoms with Gasteiger partial charge in [-0.15, -0.1) is 10.2 Å². The first-order valence-corrected chi connectivity index (χ1v) is 12.1. The molecule has 0 aliphatic carbocycles. The van der Waals surface area contributed by atoms with Gasteiger partial charge >= 0.3 is 0 Å². The van der Waals surface area contributed by atoms with E-state index in [1.807, 2.05) is 37.3 Å². The Morgan fingerprint density at radius 1 is 1.09 bits per heavy atom. The van der Waals surface area contributed by atoms with Crippen LogP contribution in [0.2, 0.25) is 5.02 Å². The minimum absolute atomic E-state index is 0.106. The van der Waals surface area contributed by atoms with Gasteiger partial charge in [-0.25, -0.2) is 0 Å². The van der Waals surface area contributed by atoms with Crippen molar-refractivity contribution in [2.45, 2.75) is 26.3 Å². The molecule has 1 aliphatic rings. The predicted octanol–water partition coefficient (Wildman–Crippen LogP) is 3.92. The van der Waals surface area contributed by atoms with Gasteiger partial charge in [-0.2, -0.15) is 0 Å².